The lowest BCUT2D eigenvalue weighted by Gasteiger charge is -2.21. The molecular formula is C19H20N2O4S. The Kier molecular flexibility index (Phi) is 4.68. The maximum Gasteiger partial charge on any atom is 0.266 e. The summed E-state index contributed by atoms with van der Waals surface area (Å²) in [5, 5.41) is 0. The van der Waals surface area contributed by atoms with Crippen molar-refractivity contribution in [3.63, 3.8) is 0 Å². The van der Waals surface area contributed by atoms with Gasteiger partial charge < -0.3 is 0 Å². The molecule has 2 amide bonds. The van der Waals surface area contributed by atoms with Crippen LogP contribution in [0.5, 0.6) is 0 Å². The summed E-state index contributed by atoms with van der Waals surface area (Å²) in [7, 11) is -3.69. The molecule has 0 saturated carbocycles. The van der Waals surface area contributed by atoms with Gasteiger partial charge in [-0.05, 0) is 36.8 Å². The highest BCUT2D eigenvalue weighted by atomic mass is 32.2. The van der Waals surface area contributed by atoms with Crippen molar-refractivity contribution in [3.8, 4) is 0 Å². The number of nitrogens with zero attached hydrogens (tertiary/aromatic N) is 2. The number of rotatable bonds is 5. The number of imide groups is 1. The number of aryl methyl sites for hydroxylation is 1. The zero-order chi connectivity index (χ0) is 19.1. The van der Waals surface area contributed by atoms with E-state index in [1.165, 1.54) is 16.4 Å². The summed E-state index contributed by atoms with van der Waals surface area (Å²) < 4.78 is 26.9. The Labute approximate surface area is 153 Å². The van der Waals surface area contributed by atoms with Gasteiger partial charge in [-0.3, -0.25) is 9.59 Å². The molecule has 1 heterocycles. The molecule has 0 atom stereocenters. The molecular weight excluding hydrogens is 352 g/mol. The van der Waals surface area contributed by atoms with Crippen LogP contribution in [0.25, 0.3) is 0 Å². The number of anilines is 1. The van der Waals surface area contributed by atoms with Crippen LogP contribution in [0.15, 0.2) is 47.4 Å². The zero-order valence-corrected chi connectivity index (χ0v) is 15.7. The second-order valence-electron chi connectivity index (χ2n) is 6.03. The fraction of sp³-hybridized carbons (Fsp3) is 0.263. The van der Waals surface area contributed by atoms with E-state index in [9.17, 15) is 18.0 Å². The lowest BCUT2D eigenvalue weighted by atomic mass is 10.1. The first kappa shape index (κ1) is 18.3. The van der Waals surface area contributed by atoms with E-state index in [4.69, 9.17) is 0 Å². The number of fused-ring (bicyclic) bond motifs is 1. The maximum atomic E-state index is 12.8. The third kappa shape index (κ3) is 2.73. The van der Waals surface area contributed by atoms with Crippen molar-refractivity contribution >= 4 is 27.5 Å². The van der Waals surface area contributed by atoms with E-state index in [1.54, 1.807) is 51.1 Å². The molecule has 0 aromatic heterocycles. The Bertz CT molecular complexity index is 959. The van der Waals surface area contributed by atoms with Crippen LogP contribution in [0, 0.1) is 6.92 Å². The molecule has 0 N–H and O–H groups in total. The summed E-state index contributed by atoms with van der Waals surface area (Å²) in [6, 6.07) is 11.1. The first-order valence-corrected chi connectivity index (χ1v) is 9.85. The van der Waals surface area contributed by atoms with Crippen LogP contribution in [0.2, 0.25) is 0 Å². The van der Waals surface area contributed by atoms with Gasteiger partial charge >= 0.3 is 0 Å². The number of amides is 2. The van der Waals surface area contributed by atoms with Gasteiger partial charge in [-0.25, -0.2) is 13.3 Å². The number of carbonyl (C=O) groups is 2. The van der Waals surface area contributed by atoms with Gasteiger partial charge in [0.1, 0.15) is 0 Å². The fourth-order valence-corrected chi connectivity index (χ4v) is 4.59. The normalized spacial score (nSPS) is 14.2. The van der Waals surface area contributed by atoms with Gasteiger partial charge in [-0.15, -0.1) is 0 Å². The Morgan fingerprint density at radius 2 is 1.46 bits per heavy atom. The van der Waals surface area contributed by atoms with Gasteiger partial charge in [0, 0.05) is 13.1 Å². The Morgan fingerprint density at radius 3 is 1.96 bits per heavy atom. The van der Waals surface area contributed by atoms with Crippen LogP contribution < -0.4 is 4.90 Å². The quantitative estimate of drug-likeness (QED) is 0.757. The van der Waals surface area contributed by atoms with Gasteiger partial charge in [-0.1, -0.05) is 32.0 Å². The molecule has 0 radical (unpaired) electrons. The minimum absolute atomic E-state index is 0.0679. The highest BCUT2D eigenvalue weighted by molar-refractivity contribution is 7.89. The standard InChI is InChI=1S/C19H20N2O4S/c1-4-20(5-2)26(24,25)14-11-10-13(3)17(12-14)21-18(22)15-8-6-7-9-16(15)19(21)23/h6-12H,4-5H2,1-3H3. The van der Waals surface area contributed by atoms with Crippen LogP contribution in [0.3, 0.4) is 0 Å². The summed E-state index contributed by atoms with van der Waals surface area (Å²) in [4.78, 5) is 26.5. The maximum absolute atomic E-state index is 12.8. The lowest BCUT2D eigenvalue weighted by Crippen LogP contribution is -2.32. The highest BCUT2D eigenvalue weighted by Crippen LogP contribution is 2.32. The average molecular weight is 372 g/mol. The van der Waals surface area contributed by atoms with E-state index in [0.29, 0.717) is 35.5 Å². The molecule has 3 rings (SSSR count). The summed E-state index contributed by atoms with van der Waals surface area (Å²) in [5.74, 6) is -0.878. The number of hydrogen-bond donors (Lipinski definition) is 0. The SMILES string of the molecule is CCN(CC)S(=O)(=O)c1ccc(C)c(N2C(=O)c3ccccc3C2=O)c1. The van der Waals surface area contributed by atoms with Crippen molar-refractivity contribution in [1.82, 2.24) is 4.31 Å². The van der Waals surface area contributed by atoms with Crippen molar-refractivity contribution in [2.45, 2.75) is 25.7 Å². The molecule has 2 aromatic rings. The first-order chi connectivity index (χ1) is 12.3. The molecule has 26 heavy (non-hydrogen) atoms. The Balaban J connectivity index is 2.11. The summed E-state index contributed by atoms with van der Waals surface area (Å²) >= 11 is 0. The zero-order valence-electron chi connectivity index (χ0n) is 14.9. The molecule has 0 unspecified atom stereocenters. The minimum Gasteiger partial charge on any atom is -0.268 e. The van der Waals surface area contributed by atoms with Gasteiger partial charge in [-0.2, -0.15) is 4.31 Å². The van der Waals surface area contributed by atoms with Crippen LogP contribution in [0.4, 0.5) is 5.69 Å². The van der Waals surface area contributed by atoms with Crippen molar-refractivity contribution in [2.24, 2.45) is 0 Å². The topological polar surface area (TPSA) is 74.8 Å². The molecule has 1 aliphatic heterocycles. The van der Waals surface area contributed by atoms with Gasteiger partial charge in [0.05, 0.1) is 21.7 Å². The van der Waals surface area contributed by atoms with Crippen LogP contribution in [-0.4, -0.2) is 37.6 Å². The molecule has 0 bridgehead atoms. The van der Waals surface area contributed by atoms with Crippen LogP contribution >= 0.6 is 0 Å². The minimum atomic E-state index is -3.69. The third-order valence-electron chi connectivity index (χ3n) is 4.56. The molecule has 1 aliphatic rings. The number of hydrogen-bond acceptors (Lipinski definition) is 4. The number of benzene rings is 2. The predicted molar refractivity (Wildman–Crippen MR) is 98.9 cm³/mol. The van der Waals surface area contributed by atoms with Crippen molar-refractivity contribution in [3.05, 3.63) is 59.2 Å². The summed E-state index contributed by atoms with van der Waals surface area (Å²) in [5.41, 5.74) is 1.60. The highest BCUT2D eigenvalue weighted by Gasteiger charge is 2.37. The largest absolute Gasteiger partial charge is 0.268 e. The van der Waals surface area contributed by atoms with Crippen molar-refractivity contribution in [1.29, 1.82) is 0 Å². The first-order valence-electron chi connectivity index (χ1n) is 8.41. The average Bonchev–Trinajstić information content (AvgIpc) is 2.87. The van der Waals surface area contributed by atoms with E-state index in [2.05, 4.69) is 0 Å². The monoisotopic (exact) mass is 372 g/mol. The molecule has 0 saturated heterocycles. The van der Waals surface area contributed by atoms with E-state index in [1.807, 2.05) is 0 Å². The molecule has 7 heteroatoms. The number of sulfonamides is 1. The lowest BCUT2D eigenvalue weighted by molar-refractivity contribution is 0.0925. The predicted octanol–water partition coefficient (Wildman–Crippen LogP) is 2.83. The van der Waals surface area contributed by atoms with E-state index in [0.717, 1.165) is 4.90 Å². The number of carbonyl (C=O) groups excluding carboxylic acids is 2. The van der Waals surface area contributed by atoms with Gasteiger partial charge in [0.15, 0.2) is 0 Å². The van der Waals surface area contributed by atoms with E-state index >= 15 is 0 Å². The third-order valence-corrected chi connectivity index (χ3v) is 6.60. The molecule has 136 valence electrons. The molecule has 0 aliphatic carbocycles. The molecule has 0 fully saturated rings. The van der Waals surface area contributed by atoms with Crippen molar-refractivity contribution < 1.29 is 18.0 Å². The molecule has 0 spiro atoms. The summed E-state index contributed by atoms with van der Waals surface area (Å²) in [6.45, 7) is 5.96. The second-order valence-corrected chi connectivity index (χ2v) is 7.97. The van der Waals surface area contributed by atoms with Crippen molar-refractivity contribution in [2.75, 3.05) is 18.0 Å². The smallest absolute Gasteiger partial charge is 0.266 e. The van der Waals surface area contributed by atoms with Gasteiger partial charge in [0.25, 0.3) is 11.8 Å². The van der Waals surface area contributed by atoms with Gasteiger partial charge in [0.2, 0.25) is 10.0 Å². The van der Waals surface area contributed by atoms with Crippen LogP contribution in [-0.2, 0) is 10.0 Å². The second kappa shape index (κ2) is 6.66. The van der Waals surface area contributed by atoms with E-state index < -0.39 is 21.8 Å². The Hall–Kier alpha value is -2.51. The Morgan fingerprint density at radius 1 is 0.923 bits per heavy atom. The van der Waals surface area contributed by atoms with Crippen LogP contribution in [0.1, 0.15) is 40.1 Å². The molecule has 6 nitrogen and oxygen atoms in total. The molecule has 2 aromatic carbocycles. The van der Waals surface area contributed by atoms with E-state index in [-0.39, 0.29) is 4.90 Å². The summed E-state index contributed by atoms with van der Waals surface area (Å²) in [6.07, 6.45) is 0. The fourth-order valence-electron chi connectivity index (χ4n) is 3.11.